The Labute approximate surface area is 178 Å². The molecule has 0 saturated carbocycles. The minimum atomic E-state index is -1.70. The van der Waals surface area contributed by atoms with Crippen LogP contribution in [0.25, 0.3) is 0 Å². The molecule has 0 aromatic rings. The van der Waals surface area contributed by atoms with Crippen LogP contribution in [0.1, 0.15) is 20.8 Å². The maximum atomic E-state index is 10.6. The lowest BCUT2D eigenvalue weighted by Gasteiger charge is -2.47. The molecule has 13 heteroatoms. The van der Waals surface area contributed by atoms with E-state index in [0.717, 1.165) is 0 Å². The Hall–Kier alpha value is -0.520. The summed E-state index contributed by atoms with van der Waals surface area (Å²) in [4.78, 5) is 0. The zero-order valence-corrected chi connectivity index (χ0v) is 17.3. The summed E-state index contributed by atoms with van der Waals surface area (Å²) >= 11 is 0. The van der Waals surface area contributed by atoms with E-state index in [1.165, 1.54) is 20.8 Å². The van der Waals surface area contributed by atoms with Gasteiger partial charge in [-0.3, -0.25) is 0 Å². The third-order valence-electron chi connectivity index (χ3n) is 5.97. The van der Waals surface area contributed by atoms with Gasteiger partial charge in [0.15, 0.2) is 18.9 Å². The van der Waals surface area contributed by atoms with Gasteiger partial charge < -0.3 is 64.5 Å². The molecule has 182 valence electrons. The summed E-state index contributed by atoms with van der Waals surface area (Å²) in [6, 6.07) is 0. The average Bonchev–Trinajstić information content (AvgIpc) is 2.72. The second-order valence-corrected chi connectivity index (χ2v) is 8.29. The molecular formula is C18H32O13. The zero-order chi connectivity index (χ0) is 23.2. The van der Waals surface area contributed by atoms with Crippen LogP contribution in [0.3, 0.4) is 0 Å². The zero-order valence-electron chi connectivity index (χ0n) is 17.3. The first kappa shape index (κ1) is 25.1. The molecule has 0 aromatic heterocycles. The fraction of sp³-hybridized carbons (Fsp3) is 1.00. The van der Waals surface area contributed by atoms with Crippen molar-refractivity contribution in [1.82, 2.24) is 0 Å². The maximum Gasteiger partial charge on any atom is 0.187 e. The Kier molecular flexibility index (Phi) is 7.91. The summed E-state index contributed by atoms with van der Waals surface area (Å²) in [7, 11) is 0. The number of hydrogen-bond donors (Lipinski definition) is 8. The lowest BCUT2D eigenvalue weighted by Crippen LogP contribution is -2.65. The van der Waals surface area contributed by atoms with Gasteiger partial charge >= 0.3 is 0 Å². The van der Waals surface area contributed by atoms with Crippen LogP contribution in [0.4, 0.5) is 0 Å². The summed E-state index contributed by atoms with van der Waals surface area (Å²) in [6.45, 7) is 4.40. The highest BCUT2D eigenvalue weighted by atomic mass is 16.7. The molecule has 3 aliphatic heterocycles. The van der Waals surface area contributed by atoms with Crippen molar-refractivity contribution in [3.05, 3.63) is 0 Å². The highest BCUT2D eigenvalue weighted by molar-refractivity contribution is 4.94. The minimum absolute atomic E-state index is 0.869. The van der Waals surface area contributed by atoms with Crippen LogP contribution < -0.4 is 0 Å². The number of aliphatic hydroxyl groups is 8. The third kappa shape index (κ3) is 4.89. The molecule has 0 spiro atoms. The average molecular weight is 456 g/mol. The van der Waals surface area contributed by atoms with E-state index < -0.39 is 92.1 Å². The molecule has 3 aliphatic rings. The fourth-order valence-corrected chi connectivity index (χ4v) is 3.92. The normalized spacial score (nSPS) is 56.4. The van der Waals surface area contributed by atoms with Crippen LogP contribution >= 0.6 is 0 Å². The molecule has 3 heterocycles. The number of rotatable bonds is 4. The Morgan fingerprint density at radius 2 is 0.935 bits per heavy atom. The van der Waals surface area contributed by atoms with E-state index in [1.54, 1.807) is 0 Å². The van der Waals surface area contributed by atoms with Gasteiger partial charge in [-0.1, -0.05) is 0 Å². The van der Waals surface area contributed by atoms with E-state index in [1.807, 2.05) is 0 Å². The van der Waals surface area contributed by atoms with E-state index in [-0.39, 0.29) is 0 Å². The first-order valence-electron chi connectivity index (χ1n) is 10.2. The summed E-state index contributed by atoms with van der Waals surface area (Å²) in [5.74, 6) is 0. The molecule has 0 bridgehead atoms. The van der Waals surface area contributed by atoms with Crippen molar-refractivity contribution < 1.29 is 64.5 Å². The molecular weight excluding hydrogens is 424 g/mol. The van der Waals surface area contributed by atoms with Gasteiger partial charge in [-0.05, 0) is 20.8 Å². The van der Waals surface area contributed by atoms with Crippen molar-refractivity contribution in [3.8, 4) is 0 Å². The molecule has 0 aromatic carbocycles. The van der Waals surface area contributed by atoms with Crippen LogP contribution in [0.5, 0.6) is 0 Å². The molecule has 3 rings (SSSR count). The first-order valence-corrected chi connectivity index (χ1v) is 10.2. The number of hydrogen-bond acceptors (Lipinski definition) is 13. The van der Waals surface area contributed by atoms with E-state index in [2.05, 4.69) is 0 Å². The number of ether oxygens (including phenoxy) is 5. The second-order valence-electron chi connectivity index (χ2n) is 8.29. The summed E-state index contributed by atoms with van der Waals surface area (Å²) in [5, 5.41) is 80.8. The van der Waals surface area contributed by atoms with Crippen molar-refractivity contribution in [2.45, 2.75) is 113 Å². The van der Waals surface area contributed by atoms with Crippen molar-refractivity contribution in [2.75, 3.05) is 0 Å². The molecule has 31 heavy (non-hydrogen) atoms. The van der Waals surface area contributed by atoms with Gasteiger partial charge in [0, 0.05) is 0 Å². The summed E-state index contributed by atoms with van der Waals surface area (Å²) in [6.07, 6.45) is -20.6. The van der Waals surface area contributed by atoms with Gasteiger partial charge in [0.05, 0.1) is 18.3 Å². The maximum absolute atomic E-state index is 10.6. The second kappa shape index (κ2) is 9.77. The SMILES string of the molecule is CC1OC(OC2C(C)OC(OC3C(O)C(C)OC(O)C3O)C(O)C2O)C(O)C(O)C1O. The third-order valence-corrected chi connectivity index (χ3v) is 5.97. The summed E-state index contributed by atoms with van der Waals surface area (Å²) in [5.41, 5.74) is 0. The monoisotopic (exact) mass is 456 g/mol. The van der Waals surface area contributed by atoms with Gasteiger partial charge in [0.1, 0.15) is 54.9 Å². The molecule has 3 fully saturated rings. The lowest BCUT2D eigenvalue weighted by atomic mass is 9.96. The van der Waals surface area contributed by atoms with Gasteiger partial charge in [0.2, 0.25) is 0 Å². The topological polar surface area (TPSA) is 208 Å². The Balaban J connectivity index is 1.66. The van der Waals surface area contributed by atoms with Crippen molar-refractivity contribution in [1.29, 1.82) is 0 Å². The lowest BCUT2D eigenvalue weighted by molar-refractivity contribution is -0.371. The van der Waals surface area contributed by atoms with Crippen molar-refractivity contribution in [2.24, 2.45) is 0 Å². The van der Waals surface area contributed by atoms with E-state index in [9.17, 15) is 40.9 Å². The van der Waals surface area contributed by atoms with Gasteiger partial charge in [-0.25, -0.2) is 0 Å². The molecule has 3 saturated heterocycles. The minimum Gasteiger partial charge on any atom is -0.388 e. The van der Waals surface area contributed by atoms with Gasteiger partial charge in [-0.15, -0.1) is 0 Å². The van der Waals surface area contributed by atoms with Crippen LogP contribution in [0, 0.1) is 0 Å². The molecule has 0 radical (unpaired) electrons. The Morgan fingerprint density at radius 1 is 0.452 bits per heavy atom. The predicted octanol–water partition coefficient (Wildman–Crippen LogP) is -4.49. The standard InChI is InChI=1S/C18H32O13/c1-4-7(19)9(21)11(23)17(28-4)30-14-6(3)29-18(12(24)10(14)22)31-15-8(20)5(2)27-16(26)13(15)25/h4-26H,1-3H3. The molecule has 8 N–H and O–H groups in total. The Morgan fingerprint density at radius 3 is 1.55 bits per heavy atom. The van der Waals surface area contributed by atoms with Crippen LogP contribution in [0.2, 0.25) is 0 Å². The van der Waals surface area contributed by atoms with E-state index in [0.29, 0.717) is 0 Å². The molecule has 15 unspecified atom stereocenters. The first-order chi connectivity index (χ1) is 14.4. The molecule has 13 nitrogen and oxygen atoms in total. The largest absolute Gasteiger partial charge is 0.388 e. The van der Waals surface area contributed by atoms with Crippen LogP contribution in [-0.2, 0) is 23.7 Å². The quantitative estimate of drug-likeness (QED) is 0.201. The molecule has 15 atom stereocenters. The highest BCUT2D eigenvalue weighted by Gasteiger charge is 2.51. The van der Waals surface area contributed by atoms with Crippen LogP contribution in [-0.4, -0.2) is 133 Å². The number of aliphatic hydroxyl groups excluding tert-OH is 8. The van der Waals surface area contributed by atoms with Crippen molar-refractivity contribution >= 4 is 0 Å². The Bertz CT molecular complexity index is 581. The van der Waals surface area contributed by atoms with Gasteiger partial charge in [-0.2, -0.15) is 0 Å². The van der Waals surface area contributed by atoms with Crippen LogP contribution in [0.15, 0.2) is 0 Å². The molecule has 0 aliphatic carbocycles. The predicted molar refractivity (Wildman–Crippen MR) is 97.0 cm³/mol. The smallest absolute Gasteiger partial charge is 0.187 e. The van der Waals surface area contributed by atoms with Crippen molar-refractivity contribution in [3.63, 3.8) is 0 Å². The van der Waals surface area contributed by atoms with Gasteiger partial charge in [0.25, 0.3) is 0 Å². The van der Waals surface area contributed by atoms with E-state index in [4.69, 9.17) is 23.7 Å². The summed E-state index contributed by atoms with van der Waals surface area (Å²) < 4.78 is 26.9. The highest BCUT2D eigenvalue weighted by Crippen LogP contribution is 2.31. The van der Waals surface area contributed by atoms with E-state index >= 15 is 0 Å². The fourth-order valence-electron chi connectivity index (χ4n) is 3.92. The molecule has 0 amide bonds.